The summed E-state index contributed by atoms with van der Waals surface area (Å²) in [6, 6.07) is 0. The predicted octanol–water partition coefficient (Wildman–Crippen LogP) is 0.165. The monoisotopic (exact) mass is 240 g/mol. The molecule has 1 amide bonds. The third kappa shape index (κ3) is 2.16. The van der Waals surface area contributed by atoms with Crippen LogP contribution in [0.15, 0.2) is 0 Å². The van der Waals surface area contributed by atoms with E-state index in [9.17, 15) is 9.59 Å². The van der Waals surface area contributed by atoms with E-state index in [2.05, 4.69) is 12.2 Å². The van der Waals surface area contributed by atoms with Gasteiger partial charge in [-0.05, 0) is 25.8 Å². The molecule has 0 aliphatic carbocycles. The average Bonchev–Trinajstić information content (AvgIpc) is 2.85. The molecule has 0 aromatic heterocycles. The number of carbonyl (C=O) groups excluding carboxylic acids is 1. The van der Waals surface area contributed by atoms with Gasteiger partial charge in [-0.25, -0.2) is 0 Å². The largest absolute Gasteiger partial charge is 0.481 e. The second-order valence-corrected chi connectivity index (χ2v) is 5.62. The number of likely N-dealkylation sites (tertiary alicyclic amines) is 1. The SMILES string of the molecule is CC1CNCC1C(=O)N1CCC(C)(C(=O)O)C1. The van der Waals surface area contributed by atoms with E-state index in [0.717, 1.165) is 13.1 Å². The number of carboxylic acids is 1. The van der Waals surface area contributed by atoms with Gasteiger partial charge in [0.25, 0.3) is 0 Å². The maximum atomic E-state index is 12.3. The Bertz CT molecular complexity index is 345. The van der Waals surface area contributed by atoms with Gasteiger partial charge in [-0.15, -0.1) is 0 Å². The minimum absolute atomic E-state index is 0.0196. The average molecular weight is 240 g/mol. The van der Waals surface area contributed by atoms with Crippen molar-refractivity contribution < 1.29 is 14.7 Å². The van der Waals surface area contributed by atoms with Gasteiger partial charge in [0.2, 0.25) is 5.91 Å². The highest BCUT2D eigenvalue weighted by molar-refractivity contribution is 5.82. The van der Waals surface area contributed by atoms with Gasteiger partial charge in [-0.1, -0.05) is 6.92 Å². The molecule has 0 saturated carbocycles. The summed E-state index contributed by atoms with van der Waals surface area (Å²) in [5.41, 5.74) is -0.759. The molecule has 5 nitrogen and oxygen atoms in total. The highest BCUT2D eigenvalue weighted by Gasteiger charge is 2.44. The molecular weight excluding hydrogens is 220 g/mol. The van der Waals surface area contributed by atoms with Crippen molar-refractivity contribution in [1.29, 1.82) is 0 Å². The zero-order valence-corrected chi connectivity index (χ0v) is 10.4. The van der Waals surface area contributed by atoms with Crippen LogP contribution in [0, 0.1) is 17.3 Å². The number of rotatable bonds is 2. The number of hydrogen-bond donors (Lipinski definition) is 2. The maximum Gasteiger partial charge on any atom is 0.311 e. The van der Waals surface area contributed by atoms with Crippen LogP contribution in [0.5, 0.6) is 0 Å². The fraction of sp³-hybridized carbons (Fsp3) is 0.833. The van der Waals surface area contributed by atoms with Crippen molar-refractivity contribution in [2.24, 2.45) is 17.3 Å². The van der Waals surface area contributed by atoms with Crippen LogP contribution in [0.2, 0.25) is 0 Å². The molecule has 0 spiro atoms. The van der Waals surface area contributed by atoms with Gasteiger partial charge in [0.15, 0.2) is 0 Å². The molecule has 2 heterocycles. The second-order valence-electron chi connectivity index (χ2n) is 5.62. The van der Waals surface area contributed by atoms with Crippen LogP contribution in [0.25, 0.3) is 0 Å². The van der Waals surface area contributed by atoms with Crippen LogP contribution in [-0.2, 0) is 9.59 Å². The molecule has 2 rings (SSSR count). The standard InChI is InChI=1S/C12H20N2O3/c1-8-5-13-6-9(8)10(15)14-4-3-12(2,7-14)11(16)17/h8-9,13H,3-7H2,1-2H3,(H,16,17). The summed E-state index contributed by atoms with van der Waals surface area (Å²) >= 11 is 0. The third-order valence-electron chi connectivity index (χ3n) is 4.14. The Morgan fingerprint density at radius 2 is 2.12 bits per heavy atom. The summed E-state index contributed by atoms with van der Waals surface area (Å²) in [5, 5.41) is 12.3. The molecule has 17 heavy (non-hydrogen) atoms. The Hall–Kier alpha value is -1.10. The highest BCUT2D eigenvalue weighted by atomic mass is 16.4. The van der Waals surface area contributed by atoms with E-state index >= 15 is 0 Å². The Labute approximate surface area is 101 Å². The molecular formula is C12H20N2O3. The molecule has 3 atom stereocenters. The van der Waals surface area contributed by atoms with Crippen LogP contribution >= 0.6 is 0 Å². The Kier molecular flexibility index (Phi) is 3.12. The third-order valence-corrected chi connectivity index (χ3v) is 4.14. The first kappa shape index (κ1) is 12.4. The molecule has 2 aliphatic rings. The van der Waals surface area contributed by atoms with Crippen molar-refractivity contribution in [3.05, 3.63) is 0 Å². The van der Waals surface area contributed by atoms with Crippen LogP contribution in [-0.4, -0.2) is 48.1 Å². The molecule has 2 saturated heterocycles. The summed E-state index contributed by atoms with van der Waals surface area (Å²) in [6.07, 6.45) is 0.558. The number of hydrogen-bond acceptors (Lipinski definition) is 3. The summed E-state index contributed by atoms with van der Waals surface area (Å²) in [7, 11) is 0. The summed E-state index contributed by atoms with van der Waals surface area (Å²) in [6.45, 7) is 6.31. The minimum atomic E-state index is -0.801. The first-order valence-electron chi connectivity index (χ1n) is 6.17. The Balaban J connectivity index is 2.01. The van der Waals surface area contributed by atoms with Gasteiger partial charge in [-0.3, -0.25) is 9.59 Å². The molecule has 0 aromatic rings. The van der Waals surface area contributed by atoms with E-state index in [-0.39, 0.29) is 11.8 Å². The number of aliphatic carboxylic acids is 1. The van der Waals surface area contributed by atoms with E-state index in [1.807, 2.05) is 0 Å². The Morgan fingerprint density at radius 3 is 2.59 bits per heavy atom. The van der Waals surface area contributed by atoms with Gasteiger partial charge in [0.1, 0.15) is 0 Å². The fourth-order valence-electron chi connectivity index (χ4n) is 2.70. The van der Waals surface area contributed by atoms with Crippen molar-refractivity contribution in [3.63, 3.8) is 0 Å². The molecule has 3 unspecified atom stereocenters. The minimum Gasteiger partial charge on any atom is -0.481 e. The molecule has 96 valence electrons. The molecule has 5 heteroatoms. The number of amides is 1. The van der Waals surface area contributed by atoms with E-state index in [1.54, 1.807) is 11.8 Å². The van der Waals surface area contributed by atoms with Crippen molar-refractivity contribution in [2.75, 3.05) is 26.2 Å². The molecule has 0 aromatic carbocycles. The fourth-order valence-corrected chi connectivity index (χ4v) is 2.70. The zero-order valence-electron chi connectivity index (χ0n) is 10.4. The second kappa shape index (κ2) is 4.29. The normalized spacial score (nSPS) is 37.4. The molecule has 2 fully saturated rings. The van der Waals surface area contributed by atoms with Gasteiger partial charge < -0.3 is 15.3 Å². The van der Waals surface area contributed by atoms with Gasteiger partial charge in [0.05, 0.1) is 11.3 Å². The van der Waals surface area contributed by atoms with Crippen molar-refractivity contribution in [2.45, 2.75) is 20.3 Å². The maximum absolute atomic E-state index is 12.3. The number of nitrogens with one attached hydrogen (secondary N) is 1. The molecule has 2 aliphatic heterocycles. The van der Waals surface area contributed by atoms with Crippen molar-refractivity contribution >= 4 is 11.9 Å². The first-order valence-corrected chi connectivity index (χ1v) is 6.17. The number of nitrogens with zero attached hydrogens (tertiary/aromatic N) is 1. The topological polar surface area (TPSA) is 69.6 Å². The lowest BCUT2D eigenvalue weighted by atomic mass is 9.90. The quantitative estimate of drug-likeness (QED) is 0.721. The van der Waals surface area contributed by atoms with Crippen LogP contribution < -0.4 is 5.32 Å². The van der Waals surface area contributed by atoms with E-state index in [0.29, 0.717) is 25.4 Å². The van der Waals surface area contributed by atoms with Gasteiger partial charge in [-0.2, -0.15) is 0 Å². The van der Waals surface area contributed by atoms with Crippen molar-refractivity contribution in [1.82, 2.24) is 10.2 Å². The van der Waals surface area contributed by atoms with Gasteiger partial charge >= 0.3 is 5.97 Å². The van der Waals surface area contributed by atoms with Crippen molar-refractivity contribution in [3.8, 4) is 0 Å². The summed E-state index contributed by atoms with van der Waals surface area (Å²) < 4.78 is 0. The molecule has 0 bridgehead atoms. The zero-order chi connectivity index (χ0) is 12.6. The highest BCUT2D eigenvalue weighted by Crippen LogP contribution is 2.32. The first-order chi connectivity index (χ1) is 7.94. The molecule has 0 radical (unpaired) electrons. The van der Waals surface area contributed by atoms with Crippen LogP contribution in [0.3, 0.4) is 0 Å². The molecule has 2 N–H and O–H groups in total. The number of carboxylic acid groups (broad SMARTS) is 1. The lowest BCUT2D eigenvalue weighted by Gasteiger charge is -2.24. The smallest absolute Gasteiger partial charge is 0.311 e. The lowest BCUT2D eigenvalue weighted by Crippen LogP contribution is -2.40. The van der Waals surface area contributed by atoms with E-state index in [1.165, 1.54) is 0 Å². The van der Waals surface area contributed by atoms with Gasteiger partial charge in [0, 0.05) is 19.6 Å². The van der Waals surface area contributed by atoms with E-state index in [4.69, 9.17) is 5.11 Å². The van der Waals surface area contributed by atoms with Crippen LogP contribution in [0.1, 0.15) is 20.3 Å². The number of carbonyl (C=O) groups is 2. The van der Waals surface area contributed by atoms with E-state index < -0.39 is 11.4 Å². The summed E-state index contributed by atoms with van der Waals surface area (Å²) in [5.74, 6) is -0.316. The Morgan fingerprint density at radius 1 is 1.41 bits per heavy atom. The summed E-state index contributed by atoms with van der Waals surface area (Å²) in [4.78, 5) is 25.1. The van der Waals surface area contributed by atoms with Crippen LogP contribution in [0.4, 0.5) is 0 Å². The lowest BCUT2D eigenvalue weighted by molar-refractivity contribution is -0.147. The predicted molar refractivity (Wildman–Crippen MR) is 62.5 cm³/mol.